The summed E-state index contributed by atoms with van der Waals surface area (Å²) in [6, 6.07) is 14.2. The van der Waals surface area contributed by atoms with Crippen LogP contribution in [0.4, 0.5) is 0 Å². The number of fused-ring (bicyclic) bond motifs is 1. The van der Waals surface area contributed by atoms with Gasteiger partial charge in [-0.25, -0.2) is 4.98 Å². The predicted molar refractivity (Wildman–Crippen MR) is 97.3 cm³/mol. The highest BCUT2D eigenvalue weighted by Crippen LogP contribution is 2.31. The van der Waals surface area contributed by atoms with E-state index < -0.39 is 0 Å². The van der Waals surface area contributed by atoms with Crippen molar-refractivity contribution < 1.29 is 0 Å². The Morgan fingerprint density at radius 3 is 2.71 bits per heavy atom. The summed E-state index contributed by atoms with van der Waals surface area (Å²) in [5.41, 5.74) is 3.12. The molecule has 0 aliphatic rings. The van der Waals surface area contributed by atoms with Gasteiger partial charge in [-0.3, -0.25) is 0 Å². The number of benzene rings is 2. The molecule has 108 valence electrons. The van der Waals surface area contributed by atoms with Crippen LogP contribution in [0.25, 0.3) is 11.0 Å². The molecule has 1 aromatic heterocycles. The molecule has 0 radical (unpaired) electrons. The molecule has 0 amide bonds. The number of hydrogen-bond acceptors (Lipinski definition) is 1. The van der Waals surface area contributed by atoms with Gasteiger partial charge in [-0.15, -0.1) is 11.6 Å². The van der Waals surface area contributed by atoms with Gasteiger partial charge in [-0.1, -0.05) is 29.8 Å². The van der Waals surface area contributed by atoms with E-state index in [1.165, 1.54) is 0 Å². The largest absolute Gasteiger partial charge is 0.320 e. The Labute approximate surface area is 147 Å². The quantitative estimate of drug-likeness (QED) is 0.388. The lowest BCUT2D eigenvalue weighted by molar-refractivity contribution is 0.634. The van der Waals surface area contributed by atoms with Gasteiger partial charge in [0.2, 0.25) is 0 Å². The summed E-state index contributed by atoms with van der Waals surface area (Å²) >= 11 is 14.7. The number of aromatic nitrogens is 2. The topological polar surface area (TPSA) is 17.8 Å². The van der Waals surface area contributed by atoms with Crippen LogP contribution in [0.15, 0.2) is 42.5 Å². The van der Waals surface area contributed by atoms with Gasteiger partial charge in [-0.2, -0.15) is 0 Å². The van der Waals surface area contributed by atoms with Crippen molar-refractivity contribution in [2.24, 2.45) is 0 Å². The summed E-state index contributed by atoms with van der Waals surface area (Å²) in [4.78, 5) is 4.65. The SMILES string of the molecule is CC(c1ccccc1Cl)n1c(CCl)nc2cc(I)ccc21. The van der Waals surface area contributed by atoms with E-state index in [4.69, 9.17) is 23.2 Å². The van der Waals surface area contributed by atoms with Gasteiger partial charge in [0.05, 0.1) is 23.0 Å². The molecule has 5 heteroatoms. The van der Waals surface area contributed by atoms with Gasteiger partial charge in [-0.05, 0) is 59.3 Å². The molecule has 2 nitrogen and oxygen atoms in total. The highest BCUT2D eigenvalue weighted by atomic mass is 127. The van der Waals surface area contributed by atoms with Gasteiger partial charge >= 0.3 is 0 Å². The molecular formula is C16H13Cl2IN2. The van der Waals surface area contributed by atoms with Crippen LogP contribution in [0.5, 0.6) is 0 Å². The molecule has 0 aliphatic heterocycles. The molecule has 0 fully saturated rings. The zero-order valence-corrected chi connectivity index (χ0v) is 15.0. The molecule has 0 saturated heterocycles. The smallest absolute Gasteiger partial charge is 0.125 e. The lowest BCUT2D eigenvalue weighted by Crippen LogP contribution is -2.10. The number of nitrogens with zero attached hydrogens (tertiary/aromatic N) is 2. The van der Waals surface area contributed by atoms with Gasteiger partial charge in [0, 0.05) is 8.59 Å². The summed E-state index contributed by atoms with van der Waals surface area (Å²) in [6.07, 6.45) is 0. The maximum Gasteiger partial charge on any atom is 0.125 e. The van der Waals surface area contributed by atoms with Crippen molar-refractivity contribution >= 4 is 56.8 Å². The van der Waals surface area contributed by atoms with E-state index in [1.807, 2.05) is 24.3 Å². The summed E-state index contributed by atoms with van der Waals surface area (Å²) in [6.45, 7) is 2.12. The molecular weight excluding hydrogens is 418 g/mol. The third kappa shape index (κ3) is 2.79. The monoisotopic (exact) mass is 430 g/mol. The third-order valence-electron chi connectivity index (χ3n) is 3.59. The fraction of sp³-hybridized carbons (Fsp3) is 0.188. The van der Waals surface area contributed by atoms with E-state index in [0.717, 1.165) is 31.0 Å². The number of alkyl halides is 1. The molecule has 0 bridgehead atoms. The van der Waals surface area contributed by atoms with E-state index in [9.17, 15) is 0 Å². The van der Waals surface area contributed by atoms with E-state index in [0.29, 0.717) is 5.88 Å². The van der Waals surface area contributed by atoms with Gasteiger partial charge in [0.25, 0.3) is 0 Å². The Morgan fingerprint density at radius 1 is 1.24 bits per heavy atom. The summed E-state index contributed by atoms with van der Waals surface area (Å²) in [5.74, 6) is 1.24. The molecule has 0 N–H and O–H groups in total. The van der Waals surface area contributed by atoms with Crippen LogP contribution in [0, 0.1) is 3.57 Å². The zero-order valence-electron chi connectivity index (χ0n) is 11.4. The molecule has 3 aromatic rings. The van der Waals surface area contributed by atoms with Gasteiger partial charge in [0.15, 0.2) is 0 Å². The Hall–Kier alpha value is -0.780. The first kappa shape index (κ1) is 15.1. The van der Waals surface area contributed by atoms with Crippen LogP contribution >= 0.6 is 45.8 Å². The standard InChI is InChI=1S/C16H13Cl2IN2/c1-10(12-4-2-3-5-13(12)18)21-15-7-6-11(19)8-14(15)20-16(21)9-17/h2-8,10H,9H2,1H3. The highest BCUT2D eigenvalue weighted by Gasteiger charge is 2.18. The minimum atomic E-state index is 0.0810. The molecule has 1 heterocycles. The highest BCUT2D eigenvalue weighted by molar-refractivity contribution is 14.1. The van der Waals surface area contributed by atoms with Crippen LogP contribution < -0.4 is 0 Å². The molecule has 0 spiro atoms. The van der Waals surface area contributed by atoms with Crippen molar-refractivity contribution in [3.05, 3.63) is 62.4 Å². The molecule has 0 saturated carbocycles. The summed E-state index contributed by atoms with van der Waals surface area (Å²) in [7, 11) is 0. The average molecular weight is 431 g/mol. The number of rotatable bonds is 3. The Morgan fingerprint density at radius 2 is 2.00 bits per heavy atom. The molecule has 1 unspecified atom stereocenters. The molecule has 3 rings (SSSR count). The van der Waals surface area contributed by atoms with E-state index >= 15 is 0 Å². The molecule has 0 aliphatic carbocycles. The lowest BCUT2D eigenvalue weighted by Gasteiger charge is -2.18. The van der Waals surface area contributed by atoms with Crippen molar-refractivity contribution in [1.29, 1.82) is 0 Å². The number of imidazole rings is 1. The summed E-state index contributed by atoms with van der Waals surface area (Å²) < 4.78 is 3.33. The second-order valence-corrected chi connectivity index (χ2v) is 6.78. The Balaban J connectivity index is 2.21. The maximum atomic E-state index is 6.34. The fourth-order valence-corrected chi connectivity index (χ4v) is 3.56. The third-order valence-corrected chi connectivity index (χ3v) is 4.84. The van der Waals surface area contributed by atoms with Crippen LogP contribution in [0.3, 0.4) is 0 Å². The zero-order chi connectivity index (χ0) is 15.0. The first-order valence-electron chi connectivity index (χ1n) is 6.58. The van der Waals surface area contributed by atoms with Crippen LogP contribution in [0.1, 0.15) is 24.4 Å². The summed E-state index contributed by atoms with van der Waals surface area (Å²) in [5, 5.41) is 0.762. The second-order valence-electron chi connectivity index (χ2n) is 4.86. The van der Waals surface area contributed by atoms with E-state index in [1.54, 1.807) is 0 Å². The average Bonchev–Trinajstić information content (AvgIpc) is 2.84. The van der Waals surface area contributed by atoms with Crippen molar-refractivity contribution in [1.82, 2.24) is 9.55 Å². The van der Waals surface area contributed by atoms with Gasteiger partial charge in [0.1, 0.15) is 5.82 Å². The van der Waals surface area contributed by atoms with E-state index in [-0.39, 0.29) is 6.04 Å². The first-order chi connectivity index (χ1) is 10.1. The normalized spacial score (nSPS) is 12.8. The minimum absolute atomic E-state index is 0.0810. The molecule has 21 heavy (non-hydrogen) atoms. The lowest BCUT2D eigenvalue weighted by atomic mass is 10.1. The fourth-order valence-electron chi connectivity index (χ4n) is 2.60. The van der Waals surface area contributed by atoms with Crippen molar-refractivity contribution in [2.75, 3.05) is 0 Å². The van der Waals surface area contributed by atoms with Crippen LogP contribution in [-0.2, 0) is 5.88 Å². The number of hydrogen-bond donors (Lipinski definition) is 0. The Bertz CT molecular complexity index is 798. The van der Waals surface area contributed by atoms with Crippen LogP contribution in [0.2, 0.25) is 5.02 Å². The minimum Gasteiger partial charge on any atom is -0.320 e. The van der Waals surface area contributed by atoms with Crippen molar-refractivity contribution in [2.45, 2.75) is 18.8 Å². The van der Waals surface area contributed by atoms with E-state index in [2.05, 4.69) is 57.3 Å². The number of halogens is 3. The molecule has 1 atom stereocenters. The predicted octanol–water partition coefficient (Wildman–Crippen LogP) is 5.64. The Kier molecular flexibility index (Phi) is 4.43. The maximum absolute atomic E-state index is 6.34. The van der Waals surface area contributed by atoms with Gasteiger partial charge < -0.3 is 4.57 Å². The molecule has 2 aromatic carbocycles. The van der Waals surface area contributed by atoms with Crippen molar-refractivity contribution in [3.63, 3.8) is 0 Å². The second kappa shape index (κ2) is 6.15. The van der Waals surface area contributed by atoms with Crippen molar-refractivity contribution in [3.8, 4) is 0 Å². The first-order valence-corrected chi connectivity index (χ1v) is 8.57. The van der Waals surface area contributed by atoms with Crippen LogP contribution in [-0.4, -0.2) is 9.55 Å².